The van der Waals surface area contributed by atoms with Crippen molar-refractivity contribution in [2.45, 2.75) is 234 Å². The molecule has 4 saturated carbocycles. The van der Waals surface area contributed by atoms with Crippen molar-refractivity contribution in [2.24, 2.45) is 69.0 Å². The second-order valence-corrected chi connectivity index (χ2v) is 49.3. The van der Waals surface area contributed by atoms with Crippen LogP contribution in [0.15, 0.2) is 114 Å². The number of anilines is 8. The lowest BCUT2D eigenvalue weighted by atomic mass is 9.65. The highest BCUT2D eigenvalue weighted by Gasteiger charge is 2.55. The maximum absolute atomic E-state index is 13.8. The van der Waals surface area contributed by atoms with E-state index in [1.807, 2.05) is 118 Å². The Balaban J connectivity index is 0.000000130. The number of rotatable bonds is 29. The normalized spacial score (nSPS) is 27.2. The number of carboxylic acids is 4. The molecule has 12 fully saturated rings. The van der Waals surface area contributed by atoms with Crippen molar-refractivity contribution in [3.05, 3.63) is 195 Å². The summed E-state index contributed by atoms with van der Waals surface area (Å²) in [5.74, 6) is 6.99. The summed E-state index contributed by atoms with van der Waals surface area (Å²) in [6.07, 6.45) is 19.1. The van der Waals surface area contributed by atoms with Gasteiger partial charge in [0.25, 0.3) is 0 Å². The number of likely N-dealkylation sites (tertiary alicyclic amines) is 4. The van der Waals surface area contributed by atoms with E-state index in [0.717, 1.165) is 239 Å². The summed E-state index contributed by atoms with van der Waals surface area (Å²) >= 11 is 42.2. The fourth-order valence-corrected chi connectivity index (χ4v) is 27.0. The lowest BCUT2D eigenvalue weighted by molar-refractivity contribution is -0.159. The van der Waals surface area contributed by atoms with Gasteiger partial charge < -0.3 is 80.9 Å². The molecule has 21 rings (SSSR count). The molecule has 8 atom stereocenters. The highest BCUT2D eigenvalue weighted by Crippen LogP contribution is 2.52. The van der Waals surface area contributed by atoms with Crippen molar-refractivity contribution >= 4 is 167 Å². The summed E-state index contributed by atoms with van der Waals surface area (Å²) in [6, 6.07) is 31.9. The van der Waals surface area contributed by atoms with E-state index in [0.29, 0.717) is 122 Å². The van der Waals surface area contributed by atoms with E-state index in [-0.39, 0.29) is 40.7 Å². The molecular weight excluding hydrogens is 2080 g/mol. The molecule has 12 aliphatic rings. The minimum Gasteiger partial charge on any atom is -0.481 e. The first kappa shape index (κ1) is 110. The molecule has 8 N–H and O–H groups in total. The van der Waals surface area contributed by atoms with Crippen molar-refractivity contribution in [3.63, 3.8) is 0 Å². The fraction of sp³-hybridized carbons (Fsp3) is 0.571. The number of hydrogen-bond donors (Lipinski definition) is 8. The molecule has 37 heteroatoms. The first-order valence-electron chi connectivity index (χ1n) is 53.2. The van der Waals surface area contributed by atoms with Gasteiger partial charge >= 0.3 is 23.9 Å². The van der Waals surface area contributed by atoms with Crippen molar-refractivity contribution < 1.29 is 48.4 Å². The van der Waals surface area contributed by atoms with Gasteiger partial charge in [-0.15, -0.1) is 0 Å². The zero-order chi connectivity index (χ0) is 106. The Bertz CT molecular complexity index is 6190. The third-order valence-corrected chi connectivity index (χ3v) is 37.4. The second kappa shape index (κ2) is 45.9. The van der Waals surface area contributed by atoms with Gasteiger partial charge in [-0.1, -0.05) is 124 Å². The van der Waals surface area contributed by atoms with Gasteiger partial charge in [0, 0.05) is 134 Å². The Kier molecular flexibility index (Phi) is 33.8. The molecule has 4 aliphatic carbocycles. The van der Waals surface area contributed by atoms with Crippen LogP contribution >= 0.6 is 85.5 Å². The zero-order valence-electron chi connectivity index (χ0n) is 86.9. The van der Waals surface area contributed by atoms with E-state index in [1.54, 1.807) is 18.5 Å². The molecule has 5 aromatic carbocycles. The monoisotopic (exact) mass is 2220 g/mol. The first-order chi connectivity index (χ1) is 71.0. The summed E-state index contributed by atoms with van der Waals surface area (Å²) in [6.45, 7) is 36.7. The molecule has 4 aromatic heterocycles. The highest BCUT2D eigenvalue weighted by atomic mass is 79.9. The molecule has 0 spiro atoms. The predicted molar refractivity (Wildman–Crippen MR) is 591 cm³/mol. The van der Waals surface area contributed by atoms with Crippen molar-refractivity contribution in [1.29, 1.82) is 0 Å². The number of fused-ring (bicyclic) bond motifs is 1. The summed E-state index contributed by atoms with van der Waals surface area (Å²) in [7, 11) is 0. The molecule has 28 nitrogen and oxygen atoms in total. The van der Waals surface area contributed by atoms with Crippen LogP contribution in [-0.4, -0.2) is 233 Å². The van der Waals surface area contributed by atoms with Crippen LogP contribution < -0.4 is 40.9 Å². The van der Waals surface area contributed by atoms with Crippen molar-refractivity contribution in [1.82, 2.24) is 59.5 Å². The molecule has 0 unspecified atom stereocenters. The van der Waals surface area contributed by atoms with Gasteiger partial charge in [-0.25, -0.2) is 28.7 Å². The fourth-order valence-electron chi connectivity index (χ4n) is 24.9. The Labute approximate surface area is 911 Å². The Morgan fingerprint density at radius 2 is 0.691 bits per heavy atom. The molecule has 9 aromatic rings. The average Bonchev–Trinajstić information content (AvgIpc) is 0.772. The van der Waals surface area contributed by atoms with E-state index in [2.05, 4.69) is 134 Å². The maximum atomic E-state index is 13.8. The number of halogens is 9. The standard InChI is InChI=1S/C31H38ClN5O2.C28H36Cl2FN5O2.C27H35Cl2N5O2.C26H32BrClFN5O2/c1-19-10-11-24(26(32)13-19)20(2)33-28-25-8-4-5-9-27(25)34-30(35-28)37-17-22(18-37)21-7-6-12-36(16-21)23-14-31(3,15-23)29(38)39;1-16-6-7-21(22(29)9-16)17(2)32-25-24(30)23(12-31)33-27(34-25)36-14-19(15-36)18-5-4-8-35(13-18)20-10-28(3,11-20)26(37)38;1-16-6-7-21(22(28)9-16)17(2)31-24-23(29)12-30-26(32-24)34-14-19(15-34)18-5-4-8-33(13-18)20-10-27(3,11-20)25(35)36;1-15(20-6-5-18(29)8-22(20)28)31-23-21(27)11-30-25(32-23)34-13-17(14-34)16-4-3-7-33(12-16)19-9-26(2,10-19)24(35)36/h4-5,8-11,13,20-23H,6-7,12,14-18H2,1-3H3,(H,38,39)(H,33,34,35);6-7,9,17-20H,4-5,8,10-15H2,1-3H3,(H,37,38)(H,32,33,34);6-7,9,12,17-20H,4-5,8,10-11,13-15H2,1-3H3,(H,35,36)(H,30,31,32);5-6,8,11,15-17,19H,3-4,7,9-10,12-14H2,1-2H3,(H,35,36)(H,30,31,32)/t20-,21+,23?,31?;17-,18+,20?,28?;17-,18+,20?,27?;15-,16+,19?,26?/m1111/s1. The SMILES string of the molecule is C[C@@H](Nc1nc(N2CC([C@H]3CCCN(C4CC(C)(C(=O)O)C4)C3)C2)ncc1Br)c1ccc(F)cc1Cl.Cc1ccc([C@@H](C)Nc2nc(N3CC([C@H]4CCCN(C5CC(C)(C(=O)O)C5)C4)C3)nc(CF)c2Cl)c(Cl)c1.Cc1ccc([C@@H](C)Nc2nc(N3CC([C@H]4CCCN(C5CC(C)(C(=O)O)C5)C4)C3)nc3ccccc23)c(Cl)c1.Cc1ccc([C@@H](C)Nc2nc(N3CC([C@H]4CCCN(C5CC(C)(C(=O)O)C5)C4)C3)ncc2Cl)c(Cl)c1. The Morgan fingerprint density at radius 3 is 1.05 bits per heavy atom. The maximum Gasteiger partial charge on any atom is 0.309 e. The van der Waals surface area contributed by atoms with Gasteiger partial charge in [-0.3, -0.25) is 19.2 Å². The Hall–Kier alpha value is -9.12. The van der Waals surface area contributed by atoms with Crippen LogP contribution in [0.4, 0.5) is 55.8 Å². The van der Waals surface area contributed by atoms with Crippen LogP contribution in [0, 0.1) is 95.6 Å². The minimum absolute atomic E-state index is 0.00361. The number of aromatic nitrogens is 8. The van der Waals surface area contributed by atoms with Crippen LogP contribution in [0.1, 0.15) is 227 Å². The second-order valence-electron chi connectivity index (χ2n) is 46.1. The number of aliphatic carboxylic acids is 4. The number of carbonyl (C=O) groups is 4. The van der Waals surface area contributed by atoms with E-state index in [9.17, 15) is 48.4 Å². The summed E-state index contributed by atoms with van der Waals surface area (Å²) in [5, 5.41) is 55.8. The van der Waals surface area contributed by atoms with E-state index < -0.39 is 52.2 Å². The Morgan fingerprint density at radius 1 is 0.383 bits per heavy atom. The molecular formula is C112H141BrCl6F2N20O8. The van der Waals surface area contributed by atoms with Crippen LogP contribution in [0.5, 0.6) is 0 Å². The van der Waals surface area contributed by atoms with E-state index in [1.165, 1.54) is 57.1 Å². The third-order valence-electron chi connectivity index (χ3n) is 34.8. The number of aryl methyl sites for hydroxylation is 3. The van der Waals surface area contributed by atoms with Gasteiger partial charge in [0.05, 0.1) is 67.7 Å². The van der Waals surface area contributed by atoms with Gasteiger partial charge in [0.2, 0.25) is 23.8 Å². The van der Waals surface area contributed by atoms with E-state index in [4.69, 9.17) is 89.5 Å². The average molecular weight is 2230 g/mol. The summed E-state index contributed by atoms with van der Waals surface area (Å²) in [4.78, 5) is 103. The number of benzene rings is 5. The summed E-state index contributed by atoms with van der Waals surface area (Å²) in [5.41, 5.74) is 6.03. The largest absolute Gasteiger partial charge is 0.481 e. The van der Waals surface area contributed by atoms with Gasteiger partial charge in [-0.05, 0) is 350 Å². The van der Waals surface area contributed by atoms with Crippen molar-refractivity contribution in [3.8, 4) is 0 Å². The molecule has 8 aliphatic heterocycles. The molecule has 800 valence electrons. The van der Waals surface area contributed by atoms with Gasteiger partial charge in [-0.2, -0.15) is 19.9 Å². The van der Waals surface area contributed by atoms with Crippen LogP contribution in [0.2, 0.25) is 30.1 Å². The third kappa shape index (κ3) is 24.5. The van der Waals surface area contributed by atoms with E-state index >= 15 is 0 Å². The highest BCUT2D eigenvalue weighted by molar-refractivity contribution is 9.10. The summed E-state index contributed by atoms with van der Waals surface area (Å²) < 4.78 is 28.0. The van der Waals surface area contributed by atoms with Gasteiger partial charge in [0.1, 0.15) is 34.2 Å². The minimum atomic E-state index is -0.770. The smallest absolute Gasteiger partial charge is 0.309 e. The molecule has 0 amide bonds. The zero-order valence-corrected chi connectivity index (χ0v) is 93.1. The number of alkyl halides is 1. The molecule has 149 heavy (non-hydrogen) atoms. The predicted octanol–water partition coefficient (Wildman–Crippen LogP) is 23.6. The quantitative estimate of drug-likeness (QED) is 0.0216. The lowest BCUT2D eigenvalue weighted by Gasteiger charge is -2.52. The number of piperidine rings is 4. The van der Waals surface area contributed by atoms with Crippen LogP contribution in [0.25, 0.3) is 10.9 Å². The molecule has 0 radical (unpaired) electrons. The number of nitrogens with zero attached hydrogens (tertiary/aromatic N) is 16. The van der Waals surface area contributed by atoms with Crippen LogP contribution in [0.3, 0.4) is 0 Å². The number of nitrogens with one attached hydrogen (secondary N) is 4. The van der Waals surface area contributed by atoms with Crippen LogP contribution in [-0.2, 0) is 25.9 Å². The molecule has 12 heterocycles. The van der Waals surface area contributed by atoms with Crippen molar-refractivity contribution in [2.75, 3.05) is 146 Å². The topological polar surface area (TPSA) is 326 Å². The lowest BCUT2D eigenvalue weighted by Crippen LogP contribution is -2.58. The number of para-hydroxylation sites is 1. The molecule has 0 bridgehead atoms. The number of carboxylic acid groups (broad SMARTS) is 4. The van der Waals surface area contributed by atoms with Gasteiger partial charge in [0.15, 0.2) is 11.6 Å². The number of hydrogen-bond acceptors (Lipinski definition) is 24. The first-order valence-corrected chi connectivity index (χ1v) is 56.2. The molecule has 8 saturated heterocycles.